The normalized spacial score (nSPS) is 10.3. The molecular weight excluding hydrogens is 414 g/mol. The molecule has 0 amide bonds. The molecule has 0 saturated heterocycles. The van der Waals surface area contributed by atoms with Crippen molar-refractivity contribution in [3.8, 4) is 56.9 Å². The van der Waals surface area contributed by atoms with Gasteiger partial charge in [-0.15, -0.1) is 0 Å². The Hall–Kier alpha value is -4.99. The third-order valence-electron chi connectivity index (χ3n) is 5.73. The number of pyridine rings is 1. The monoisotopic (exact) mass is 433 g/mol. The van der Waals surface area contributed by atoms with E-state index in [1.807, 2.05) is 66.7 Å². The minimum atomic E-state index is 0.588. The van der Waals surface area contributed by atoms with Crippen LogP contribution < -0.4 is 0 Å². The lowest BCUT2D eigenvalue weighted by molar-refractivity contribution is 1.32. The van der Waals surface area contributed by atoms with Crippen LogP contribution in [0.15, 0.2) is 115 Å². The summed E-state index contributed by atoms with van der Waals surface area (Å²) in [6, 6.07) is 42.2. The maximum Gasteiger partial charge on any atom is 0.0991 e. The largest absolute Gasteiger partial charge is 0.248 e. The van der Waals surface area contributed by atoms with Gasteiger partial charge in [-0.05, 0) is 58.7 Å². The number of nitrogens with zero attached hydrogens (tertiary/aromatic N) is 3. The molecule has 158 valence electrons. The lowest BCUT2D eigenvalue weighted by Gasteiger charge is -2.11. The summed E-state index contributed by atoms with van der Waals surface area (Å²) in [5.74, 6) is 0. The van der Waals surface area contributed by atoms with Crippen molar-refractivity contribution in [3.05, 3.63) is 126 Å². The fourth-order valence-electron chi connectivity index (χ4n) is 3.97. The van der Waals surface area contributed by atoms with Crippen LogP contribution in [-0.2, 0) is 0 Å². The van der Waals surface area contributed by atoms with Crippen LogP contribution in [0.4, 0.5) is 0 Å². The topological polar surface area (TPSA) is 60.5 Å². The summed E-state index contributed by atoms with van der Waals surface area (Å²) in [6.07, 6.45) is 0. The van der Waals surface area contributed by atoms with Crippen molar-refractivity contribution in [2.45, 2.75) is 0 Å². The lowest BCUT2D eigenvalue weighted by Crippen LogP contribution is -1.92. The van der Waals surface area contributed by atoms with Crippen LogP contribution in [0, 0.1) is 22.7 Å². The van der Waals surface area contributed by atoms with E-state index < -0.39 is 0 Å². The van der Waals surface area contributed by atoms with Crippen LogP contribution in [0.2, 0.25) is 0 Å². The van der Waals surface area contributed by atoms with E-state index in [4.69, 9.17) is 4.98 Å². The Morgan fingerprint density at radius 1 is 0.412 bits per heavy atom. The summed E-state index contributed by atoms with van der Waals surface area (Å²) in [4.78, 5) is 4.90. The molecule has 0 atom stereocenters. The van der Waals surface area contributed by atoms with Crippen molar-refractivity contribution in [2.24, 2.45) is 0 Å². The summed E-state index contributed by atoms with van der Waals surface area (Å²) in [6.45, 7) is 0. The van der Waals surface area contributed by atoms with Crippen LogP contribution >= 0.6 is 0 Å². The van der Waals surface area contributed by atoms with Crippen LogP contribution in [0.5, 0.6) is 0 Å². The number of benzene rings is 4. The molecule has 0 aliphatic rings. The number of nitriles is 2. The molecule has 0 radical (unpaired) electrons. The van der Waals surface area contributed by atoms with Crippen molar-refractivity contribution >= 4 is 0 Å². The summed E-state index contributed by atoms with van der Waals surface area (Å²) in [5, 5.41) is 18.7. The van der Waals surface area contributed by atoms with E-state index in [9.17, 15) is 10.5 Å². The average molecular weight is 434 g/mol. The second-order valence-corrected chi connectivity index (χ2v) is 7.95. The predicted octanol–water partition coefficient (Wildman–Crippen LogP) is 7.49. The Balaban J connectivity index is 1.64. The van der Waals surface area contributed by atoms with Gasteiger partial charge in [-0.25, -0.2) is 4.98 Å². The maximum absolute atomic E-state index is 9.35. The molecule has 3 nitrogen and oxygen atoms in total. The molecular formula is C31H19N3. The van der Waals surface area contributed by atoms with Gasteiger partial charge in [0.05, 0.1) is 34.7 Å². The van der Waals surface area contributed by atoms with Crippen molar-refractivity contribution < 1.29 is 0 Å². The van der Waals surface area contributed by atoms with Gasteiger partial charge >= 0.3 is 0 Å². The first-order valence-electron chi connectivity index (χ1n) is 10.9. The van der Waals surface area contributed by atoms with Gasteiger partial charge in [0.15, 0.2) is 0 Å². The van der Waals surface area contributed by atoms with Crippen molar-refractivity contribution in [3.63, 3.8) is 0 Å². The van der Waals surface area contributed by atoms with Gasteiger partial charge in [0.1, 0.15) is 0 Å². The summed E-state index contributed by atoms with van der Waals surface area (Å²) >= 11 is 0. The Kier molecular flexibility index (Phi) is 5.68. The van der Waals surface area contributed by atoms with Crippen LogP contribution in [0.25, 0.3) is 44.8 Å². The number of aromatic nitrogens is 1. The van der Waals surface area contributed by atoms with E-state index in [0.717, 1.165) is 39.2 Å². The van der Waals surface area contributed by atoms with E-state index in [1.165, 1.54) is 5.56 Å². The zero-order chi connectivity index (χ0) is 23.3. The van der Waals surface area contributed by atoms with E-state index in [1.54, 1.807) is 12.1 Å². The van der Waals surface area contributed by atoms with Gasteiger partial charge in [0.25, 0.3) is 0 Å². The summed E-state index contributed by atoms with van der Waals surface area (Å²) < 4.78 is 0. The van der Waals surface area contributed by atoms with Gasteiger partial charge < -0.3 is 0 Å². The molecule has 0 saturated carbocycles. The predicted molar refractivity (Wildman–Crippen MR) is 135 cm³/mol. The number of hydrogen-bond acceptors (Lipinski definition) is 3. The van der Waals surface area contributed by atoms with E-state index in [-0.39, 0.29) is 0 Å². The minimum Gasteiger partial charge on any atom is -0.248 e. The quantitative estimate of drug-likeness (QED) is 0.295. The molecule has 0 fully saturated rings. The van der Waals surface area contributed by atoms with Gasteiger partial charge in [0, 0.05) is 11.1 Å². The van der Waals surface area contributed by atoms with Crippen molar-refractivity contribution in [1.29, 1.82) is 10.5 Å². The van der Waals surface area contributed by atoms with E-state index in [0.29, 0.717) is 11.1 Å². The molecule has 0 N–H and O–H groups in total. The highest BCUT2D eigenvalue weighted by atomic mass is 14.7. The minimum absolute atomic E-state index is 0.588. The number of rotatable bonds is 4. The molecule has 0 spiro atoms. The Labute approximate surface area is 198 Å². The molecule has 34 heavy (non-hydrogen) atoms. The second-order valence-electron chi connectivity index (χ2n) is 7.95. The zero-order valence-corrected chi connectivity index (χ0v) is 18.3. The fourth-order valence-corrected chi connectivity index (χ4v) is 3.97. The fraction of sp³-hybridized carbons (Fsp3) is 0. The Bertz CT molecular complexity index is 1480. The maximum atomic E-state index is 9.35. The van der Waals surface area contributed by atoms with Crippen LogP contribution in [0.1, 0.15) is 11.1 Å². The smallest absolute Gasteiger partial charge is 0.0991 e. The highest BCUT2D eigenvalue weighted by molar-refractivity contribution is 5.78. The first kappa shape index (κ1) is 20.9. The van der Waals surface area contributed by atoms with Crippen LogP contribution in [-0.4, -0.2) is 4.98 Å². The van der Waals surface area contributed by atoms with Crippen molar-refractivity contribution in [2.75, 3.05) is 0 Å². The van der Waals surface area contributed by atoms with E-state index in [2.05, 4.69) is 48.5 Å². The molecule has 4 aromatic carbocycles. The highest BCUT2D eigenvalue weighted by Crippen LogP contribution is 2.32. The van der Waals surface area contributed by atoms with Gasteiger partial charge in [-0.2, -0.15) is 10.5 Å². The molecule has 3 heteroatoms. The molecule has 0 bridgehead atoms. The lowest BCUT2D eigenvalue weighted by atomic mass is 9.97. The standard InChI is InChI=1S/C31H19N3/c32-20-22-6-4-10-27(16-22)30-18-29(19-31(34-30)28-11-5-7-23(17-28)21-33)26-14-12-25(13-15-26)24-8-2-1-3-9-24/h1-19H. The molecule has 5 rings (SSSR count). The zero-order valence-electron chi connectivity index (χ0n) is 18.3. The van der Waals surface area contributed by atoms with Crippen LogP contribution in [0.3, 0.4) is 0 Å². The third kappa shape index (κ3) is 4.32. The van der Waals surface area contributed by atoms with Gasteiger partial charge in [0.2, 0.25) is 0 Å². The van der Waals surface area contributed by atoms with Gasteiger partial charge in [-0.1, -0.05) is 78.9 Å². The average Bonchev–Trinajstić information content (AvgIpc) is 2.93. The molecule has 5 aromatic rings. The van der Waals surface area contributed by atoms with Gasteiger partial charge in [-0.3, -0.25) is 0 Å². The molecule has 0 aliphatic carbocycles. The van der Waals surface area contributed by atoms with Crippen molar-refractivity contribution in [1.82, 2.24) is 4.98 Å². The molecule has 1 heterocycles. The Morgan fingerprint density at radius 2 is 0.853 bits per heavy atom. The summed E-state index contributed by atoms with van der Waals surface area (Å²) in [7, 11) is 0. The molecule has 0 unspecified atom stereocenters. The molecule has 0 aliphatic heterocycles. The van der Waals surface area contributed by atoms with E-state index >= 15 is 0 Å². The molecule has 1 aromatic heterocycles. The summed E-state index contributed by atoms with van der Waals surface area (Å²) in [5.41, 5.74) is 8.89. The Morgan fingerprint density at radius 3 is 1.35 bits per heavy atom. The first-order valence-corrected chi connectivity index (χ1v) is 10.9. The second kappa shape index (κ2) is 9.25. The highest BCUT2D eigenvalue weighted by Gasteiger charge is 2.10. The first-order chi connectivity index (χ1) is 16.7. The number of hydrogen-bond donors (Lipinski definition) is 0. The SMILES string of the molecule is N#Cc1cccc(-c2cc(-c3ccc(-c4ccccc4)cc3)cc(-c3cccc(C#N)c3)n2)c1. The third-order valence-corrected chi connectivity index (χ3v) is 5.73.